The highest BCUT2D eigenvalue weighted by Crippen LogP contribution is 2.40. The van der Waals surface area contributed by atoms with Gasteiger partial charge in [0.25, 0.3) is 0 Å². The van der Waals surface area contributed by atoms with Crippen LogP contribution in [0, 0.1) is 0 Å². The van der Waals surface area contributed by atoms with Crippen LogP contribution in [0.1, 0.15) is 29.3 Å². The smallest absolute Gasteiger partial charge is 0.233 e. The lowest BCUT2D eigenvalue weighted by atomic mass is 10.1. The highest BCUT2D eigenvalue weighted by Gasteiger charge is 2.33. The van der Waals surface area contributed by atoms with Crippen molar-refractivity contribution in [2.75, 3.05) is 38.5 Å². The van der Waals surface area contributed by atoms with E-state index in [9.17, 15) is 4.79 Å². The Labute approximate surface area is 135 Å². The molecular weight excluding hydrogens is 296 g/mol. The van der Waals surface area contributed by atoms with Gasteiger partial charge >= 0.3 is 0 Å². The Balaban J connectivity index is 1.48. The van der Waals surface area contributed by atoms with E-state index in [0.717, 1.165) is 31.9 Å². The second-order valence-electron chi connectivity index (χ2n) is 6.26. The number of hydrogen-bond donors (Lipinski definition) is 0. The normalized spacial score (nSPS) is 24.8. The molecule has 1 unspecified atom stereocenters. The molecule has 0 bridgehead atoms. The van der Waals surface area contributed by atoms with Gasteiger partial charge in [-0.1, -0.05) is 6.07 Å². The van der Waals surface area contributed by atoms with Gasteiger partial charge in [-0.2, -0.15) is 0 Å². The number of hydrogen-bond acceptors (Lipinski definition) is 4. The first-order valence-corrected chi connectivity index (χ1v) is 9.25. The minimum absolute atomic E-state index is 0.181. The van der Waals surface area contributed by atoms with Crippen molar-refractivity contribution in [1.82, 2.24) is 9.80 Å². The van der Waals surface area contributed by atoms with Gasteiger partial charge in [0.2, 0.25) is 5.91 Å². The van der Waals surface area contributed by atoms with Crippen LogP contribution in [0.4, 0.5) is 0 Å². The summed E-state index contributed by atoms with van der Waals surface area (Å²) in [4.78, 5) is 16.8. The van der Waals surface area contributed by atoms with Gasteiger partial charge in [-0.3, -0.25) is 4.79 Å². The van der Waals surface area contributed by atoms with Crippen molar-refractivity contribution in [3.05, 3.63) is 29.3 Å². The summed E-state index contributed by atoms with van der Waals surface area (Å²) < 4.78 is 5.59. The molecule has 3 heterocycles. The predicted molar refractivity (Wildman–Crippen MR) is 88.2 cm³/mol. The van der Waals surface area contributed by atoms with Crippen LogP contribution in [0.25, 0.3) is 0 Å². The SMILES string of the molecule is O=C1CSC(c2ccc3c(c2)CCO3)N1CCN1CCCC1. The summed E-state index contributed by atoms with van der Waals surface area (Å²) in [6, 6.07) is 6.43. The molecule has 4 nitrogen and oxygen atoms in total. The molecule has 3 aliphatic rings. The molecule has 22 heavy (non-hydrogen) atoms. The summed E-state index contributed by atoms with van der Waals surface area (Å²) >= 11 is 1.76. The molecule has 1 amide bonds. The van der Waals surface area contributed by atoms with E-state index in [-0.39, 0.29) is 11.3 Å². The minimum atomic E-state index is 0.181. The Kier molecular flexibility index (Phi) is 4.01. The molecule has 1 aromatic rings. The van der Waals surface area contributed by atoms with E-state index in [1.54, 1.807) is 11.8 Å². The topological polar surface area (TPSA) is 32.8 Å². The molecule has 4 rings (SSSR count). The van der Waals surface area contributed by atoms with Crippen LogP contribution in [0.5, 0.6) is 5.75 Å². The molecule has 0 spiro atoms. The number of rotatable bonds is 4. The lowest BCUT2D eigenvalue weighted by Gasteiger charge is -2.27. The van der Waals surface area contributed by atoms with E-state index in [1.165, 1.54) is 37.1 Å². The molecule has 2 saturated heterocycles. The van der Waals surface area contributed by atoms with Gasteiger partial charge in [0.05, 0.1) is 12.4 Å². The lowest BCUT2D eigenvalue weighted by molar-refractivity contribution is -0.128. The number of benzene rings is 1. The van der Waals surface area contributed by atoms with Crippen LogP contribution < -0.4 is 4.74 Å². The number of thioether (sulfide) groups is 1. The summed E-state index contributed by atoms with van der Waals surface area (Å²) in [7, 11) is 0. The van der Waals surface area contributed by atoms with Gasteiger partial charge in [0.1, 0.15) is 11.1 Å². The summed E-state index contributed by atoms with van der Waals surface area (Å²) in [6.45, 7) is 5.03. The second-order valence-corrected chi connectivity index (χ2v) is 7.33. The summed E-state index contributed by atoms with van der Waals surface area (Å²) in [5, 5.41) is 0.181. The van der Waals surface area contributed by atoms with Crippen LogP contribution in [0.15, 0.2) is 18.2 Å². The average Bonchev–Trinajstić information content (AvgIpc) is 3.25. The molecule has 0 aromatic heterocycles. The molecule has 0 aliphatic carbocycles. The maximum atomic E-state index is 12.3. The predicted octanol–water partition coefficient (Wildman–Crippen LogP) is 2.29. The van der Waals surface area contributed by atoms with Crippen molar-refractivity contribution in [3.8, 4) is 5.75 Å². The summed E-state index contributed by atoms with van der Waals surface area (Å²) in [6.07, 6.45) is 3.59. The van der Waals surface area contributed by atoms with Gasteiger partial charge < -0.3 is 14.5 Å². The van der Waals surface area contributed by atoms with E-state index >= 15 is 0 Å². The summed E-state index contributed by atoms with van der Waals surface area (Å²) in [5.74, 6) is 1.91. The fourth-order valence-corrected chi connectivity index (χ4v) is 4.80. The Morgan fingerprint density at radius 3 is 2.95 bits per heavy atom. The summed E-state index contributed by atoms with van der Waals surface area (Å²) in [5.41, 5.74) is 2.54. The fourth-order valence-electron chi connectivity index (χ4n) is 3.59. The maximum absolute atomic E-state index is 12.3. The third-order valence-corrected chi connectivity index (χ3v) is 6.08. The Morgan fingerprint density at radius 2 is 2.09 bits per heavy atom. The highest BCUT2D eigenvalue weighted by atomic mass is 32.2. The van der Waals surface area contributed by atoms with E-state index in [0.29, 0.717) is 5.75 Å². The number of likely N-dealkylation sites (tertiary alicyclic amines) is 1. The fraction of sp³-hybridized carbons (Fsp3) is 0.588. The Hall–Kier alpha value is -1.20. The molecule has 1 atom stereocenters. The molecule has 2 fully saturated rings. The molecule has 0 radical (unpaired) electrons. The van der Waals surface area contributed by atoms with Gasteiger partial charge in [0.15, 0.2) is 0 Å². The van der Waals surface area contributed by atoms with Crippen molar-refractivity contribution >= 4 is 17.7 Å². The molecule has 5 heteroatoms. The van der Waals surface area contributed by atoms with Crippen molar-refractivity contribution in [2.45, 2.75) is 24.6 Å². The van der Waals surface area contributed by atoms with Crippen molar-refractivity contribution in [1.29, 1.82) is 0 Å². The lowest BCUT2D eigenvalue weighted by Crippen LogP contribution is -2.36. The van der Waals surface area contributed by atoms with Gasteiger partial charge in [-0.15, -0.1) is 11.8 Å². The zero-order chi connectivity index (χ0) is 14.9. The highest BCUT2D eigenvalue weighted by molar-refractivity contribution is 8.00. The number of ether oxygens (including phenoxy) is 1. The van der Waals surface area contributed by atoms with E-state index in [4.69, 9.17) is 4.74 Å². The first-order chi connectivity index (χ1) is 10.8. The van der Waals surface area contributed by atoms with Crippen molar-refractivity contribution < 1.29 is 9.53 Å². The first kappa shape index (κ1) is 14.4. The third kappa shape index (κ3) is 2.72. The molecule has 0 N–H and O–H groups in total. The van der Waals surface area contributed by atoms with Gasteiger partial charge in [-0.05, 0) is 49.2 Å². The number of fused-ring (bicyclic) bond motifs is 1. The monoisotopic (exact) mass is 318 g/mol. The molecule has 0 saturated carbocycles. The minimum Gasteiger partial charge on any atom is -0.493 e. The molecule has 3 aliphatic heterocycles. The van der Waals surface area contributed by atoms with Crippen LogP contribution in [-0.4, -0.2) is 54.2 Å². The standard InChI is InChI=1S/C17H22N2O2S/c20-16-12-22-17(19(16)9-8-18-6-1-2-7-18)14-3-4-15-13(11-14)5-10-21-15/h3-4,11,17H,1-2,5-10,12H2. The zero-order valence-electron chi connectivity index (χ0n) is 12.8. The van der Waals surface area contributed by atoms with Crippen LogP contribution >= 0.6 is 11.8 Å². The first-order valence-electron chi connectivity index (χ1n) is 8.20. The van der Waals surface area contributed by atoms with Gasteiger partial charge in [0, 0.05) is 19.5 Å². The van der Waals surface area contributed by atoms with Crippen molar-refractivity contribution in [2.24, 2.45) is 0 Å². The number of carbonyl (C=O) groups excluding carboxylic acids is 1. The van der Waals surface area contributed by atoms with E-state index in [1.807, 2.05) is 0 Å². The quantitative estimate of drug-likeness (QED) is 0.853. The van der Waals surface area contributed by atoms with Crippen LogP contribution in [0.2, 0.25) is 0 Å². The maximum Gasteiger partial charge on any atom is 0.233 e. The Bertz CT molecular complexity index is 572. The zero-order valence-corrected chi connectivity index (χ0v) is 13.6. The Morgan fingerprint density at radius 1 is 1.23 bits per heavy atom. The van der Waals surface area contributed by atoms with Gasteiger partial charge in [-0.25, -0.2) is 0 Å². The van der Waals surface area contributed by atoms with E-state index in [2.05, 4.69) is 28.0 Å². The molecule has 118 valence electrons. The third-order valence-electron chi connectivity index (χ3n) is 4.82. The van der Waals surface area contributed by atoms with Crippen LogP contribution in [-0.2, 0) is 11.2 Å². The largest absolute Gasteiger partial charge is 0.493 e. The van der Waals surface area contributed by atoms with Crippen molar-refractivity contribution in [3.63, 3.8) is 0 Å². The number of carbonyl (C=O) groups is 1. The van der Waals surface area contributed by atoms with E-state index < -0.39 is 0 Å². The molecular formula is C17H22N2O2S. The van der Waals surface area contributed by atoms with Crippen LogP contribution in [0.3, 0.4) is 0 Å². The average molecular weight is 318 g/mol. The number of nitrogens with zero attached hydrogens (tertiary/aromatic N) is 2. The molecule has 1 aromatic carbocycles. The second kappa shape index (κ2) is 6.13. The number of amides is 1.